The van der Waals surface area contributed by atoms with Gasteiger partial charge in [-0.3, -0.25) is 9.40 Å². The van der Waals surface area contributed by atoms with Crippen LogP contribution >= 0.6 is 0 Å². The van der Waals surface area contributed by atoms with Crippen molar-refractivity contribution in [3.05, 3.63) is 36.2 Å². The van der Waals surface area contributed by atoms with E-state index in [1.54, 1.807) is 37.0 Å². The van der Waals surface area contributed by atoms with Gasteiger partial charge in [0.05, 0.1) is 36.5 Å². The van der Waals surface area contributed by atoms with Crippen LogP contribution in [0.5, 0.6) is 5.75 Å². The number of nitrogens with zero attached hydrogens (tertiary/aromatic N) is 2. The first-order valence-corrected chi connectivity index (χ1v) is 9.28. The monoisotopic (exact) mass is 351 g/mol. The second kappa shape index (κ2) is 6.82. The fourth-order valence-electron chi connectivity index (χ4n) is 2.77. The zero-order valence-electron chi connectivity index (χ0n) is 13.7. The van der Waals surface area contributed by atoms with Crippen LogP contribution in [0.1, 0.15) is 18.4 Å². The molecule has 24 heavy (non-hydrogen) atoms. The highest BCUT2D eigenvalue weighted by molar-refractivity contribution is 7.92. The molecule has 0 spiro atoms. The standard InChI is InChI=1S/C16H21N3O4S/c1-12-8-14(22-2)5-6-16(12)24(20,21)18-13-9-17-19(10-13)11-15-4-3-7-23-15/h5-6,8-10,15,18H,3-4,7,11H2,1-2H3. The summed E-state index contributed by atoms with van der Waals surface area (Å²) in [5.74, 6) is 0.621. The number of ether oxygens (including phenoxy) is 2. The minimum absolute atomic E-state index is 0.151. The minimum atomic E-state index is -3.67. The molecule has 2 aromatic rings. The first kappa shape index (κ1) is 16.8. The molecule has 1 N–H and O–H groups in total. The summed E-state index contributed by atoms with van der Waals surface area (Å²) in [5, 5.41) is 4.20. The maximum absolute atomic E-state index is 12.6. The Morgan fingerprint density at radius 3 is 2.96 bits per heavy atom. The van der Waals surface area contributed by atoms with Crippen molar-refractivity contribution in [1.29, 1.82) is 0 Å². The van der Waals surface area contributed by atoms with Crippen molar-refractivity contribution >= 4 is 15.7 Å². The molecule has 0 bridgehead atoms. The molecule has 0 amide bonds. The lowest BCUT2D eigenvalue weighted by molar-refractivity contribution is 0.0940. The molecular formula is C16H21N3O4S. The van der Waals surface area contributed by atoms with E-state index in [1.165, 1.54) is 12.3 Å². The zero-order chi connectivity index (χ0) is 17.2. The molecule has 8 heteroatoms. The maximum Gasteiger partial charge on any atom is 0.262 e. The van der Waals surface area contributed by atoms with Crippen molar-refractivity contribution in [2.75, 3.05) is 18.4 Å². The predicted molar refractivity (Wildman–Crippen MR) is 89.7 cm³/mol. The van der Waals surface area contributed by atoms with Gasteiger partial charge in [-0.2, -0.15) is 5.10 Å². The molecule has 7 nitrogen and oxygen atoms in total. The number of aromatic nitrogens is 2. The van der Waals surface area contributed by atoms with Gasteiger partial charge in [0.15, 0.2) is 0 Å². The minimum Gasteiger partial charge on any atom is -0.497 e. The highest BCUT2D eigenvalue weighted by Gasteiger charge is 2.20. The van der Waals surface area contributed by atoms with Crippen LogP contribution in [0.4, 0.5) is 5.69 Å². The maximum atomic E-state index is 12.6. The Balaban J connectivity index is 1.73. The van der Waals surface area contributed by atoms with E-state index in [4.69, 9.17) is 9.47 Å². The molecular weight excluding hydrogens is 330 g/mol. The summed E-state index contributed by atoms with van der Waals surface area (Å²) in [6, 6.07) is 4.85. The lowest BCUT2D eigenvalue weighted by Gasteiger charge is -2.10. The molecule has 0 saturated carbocycles. The summed E-state index contributed by atoms with van der Waals surface area (Å²) in [4.78, 5) is 0.218. The molecule has 0 aliphatic carbocycles. The van der Waals surface area contributed by atoms with Crippen molar-refractivity contribution in [3.63, 3.8) is 0 Å². The zero-order valence-corrected chi connectivity index (χ0v) is 14.5. The summed E-state index contributed by atoms with van der Waals surface area (Å²) in [6.07, 6.45) is 5.40. The summed E-state index contributed by atoms with van der Waals surface area (Å²) >= 11 is 0. The number of aryl methyl sites for hydroxylation is 1. The normalized spacial score (nSPS) is 17.8. The molecule has 1 aromatic carbocycles. The molecule has 1 atom stereocenters. The molecule has 0 radical (unpaired) electrons. The molecule has 1 fully saturated rings. The van der Waals surface area contributed by atoms with Gasteiger partial charge in [0.25, 0.3) is 10.0 Å². The Morgan fingerprint density at radius 1 is 1.46 bits per heavy atom. The van der Waals surface area contributed by atoms with E-state index in [1.807, 2.05) is 0 Å². The summed E-state index contributed by atoms with van der Waals surface area (Å²) in [7, 11) is -2.13. The van der Waals surface area contributed by atoms with Gasteiger partial charge in [0.1, 0.15) is 5.75 Å². The third-order valence-electron chi connectivity index (χ3n) is 3.97. The number of anilines is 1. The molecule has 1 saturated heterocycles. The van der Waals surface area contributed by atoms with E-state index >= 15 is 0 Å². The summed E-state index contributed by atoms with van der Waals surface area (Å²) in [5.41, 5.74) is 1.05. The highest BCUT2D eigenvalue weighted by Crippen LogP contribution is 2.23. The predicted octanol–water partition coefficient (Wildman–Crippen LogP) is 2.18. The average Bonchev–Trinajstić information content (AvgIpc) is 3.19. The number of sulfonamides is 1. The molecule has 3 rings (SSSR count). The third kappa shape index (κ3) is 3.70. The van der Waals surface area contributed by atoms with Crippen LogP contribution in [0.15, 0.2) is 35.5 Å². The summed E-state index contributed by atoms with van der Waals surface area (Å²) in [6.45, 7) is 3.14. The lowest BCUT2D eigenvalue weighted by atomic mass is 10.2. The Kier molecular flexibility index (Phi) is 4.77. The Morgan fingerprint density at radius 2 is 2.29 bits per heavy atom. The number of methoxy groups -OCH3 is 1. The van der Waals surface area contributed by atoms with E-state index in [2.05, 4.69) is 9.82 Å². The first-order chi connectivity index (χ1) is 11.5. The molecule has 2 heterocycles. The van der Waals surface area contributed by atoms with Gasteiger partial charge in [0, 0.05) is 12.8 Å². The Labute approximate surface area is 141 Å². The van der Waals surface area contributed by atoms with Crippen molar-refractivity contribution in [2.45, 2.75) is 37.3 Å². The van der Waals surface area contributed by atoms with Crippen LogP contribution < -0.4 is 9.46 Å². The molecule has 1 unspecified atom stereocenters. The van der Waals surface area contributed by atoms with Crippen LogP contribution in [0.25, 0.3) is 0 Å². The van der Waals surface area contributed by atoms with Gasteiger partial charge in [-0.05, 0) is 43.5 Å². The molecule has 130 valence electrons. The Bertz CT molecular complexity index is 810. The number of hydrogen-bond donors (Lipinski definition) is 1. The quantitative estimate of drug-likeness (QED) is 0.862. The van der Waals surface area contributed by atoms with E-state index < -0.39 is 10.0 Å². The van der Waals surface area contributed by atoms with Crippen LogP contribution in [-0.2, 0) is 21.3 Å². The molecule has 1 aliphatic heterocycles. The largest absolute Gasteiger partial charge is 0.497 e. The fourth-order valence-corrected chi connectivity index (χ4v) is 4.03. The second-order valence-electron chi connectivity index (χ2n) is 5.82. The second-order valence-corrected chi connectivity index (χ2v) is 7.47. The lowest BCUT2D eigenvalue weighted by Crippen LogP contribution is -2.15. The van der Waals surface area contributed by atoms with Crippen LogP contribution in [0, 0.1) is 6.92 Å². The fraction of sp³-hybridized carbons (Fsp3) is 0.438. The van der Waals surface area contributed by atoms with Crippen molar-refractivity contribution in [3.8, 4) is 5.75 Å². The van der Waals surface area contributed by atoms with Gasteiger partial charge >= 0.3 is 0 Å². The van der Waals surface area contributed by atoms with Crippen LogP contribution in [0.2, 0.25) is 0 Å². The number of rotatable bonds is 6. The molecule has 1 aromatic heterocycles. The topological polar surface area (TPSA) is 82.5 Å². The number of hydrogen-bond acceptors (Lipinski definition) is 5. The van der Waals surface area contributed by atoms with Crippen LogP contribution in [-0.4, -0.2) is 38.0 Å². The number of nitrogens with one attached hydrogen (secondary N) is 1. The molecule has 1 aliphatic rings. The van der Waals surface area contributed by atoms with Crippen LogP contribution in [0.3, 0.4) is 0 Å². The van der Waals surface area contributed by atoms with E-state index in [-0.39, 0.29) is 11.0 Å². The Hall–Kier alpha value is -2.06. The number of benzene rings is 1. The van der Waals surface area contributed by atoms with Gasteiger partial charge in [-0.15, -0.1) is 0 Å². The highest BCUT2D eigenvalue weighted by atomic mass is 32.2. The van der Waals surface area contributed by atoms with E-state index in [0.717, 1.165) is 19.4 Å². The SMILES string of the molecule is COc1ccc(S(=O)(=O)Nc2cnn(CC3CCCO3)c2)c(C)c1. The first-order valence-electron chi connectivity index (χ1n) is 7.79. The smallest absolute Gasteiger partial charge is 0.262 e. The van der Waals surface area contributed by atoms with E-state index in [0.29, 0.717) is 23.5 Å². The summed E-state index contributed by atoms with van der Waals surface area (Å²) < 4.78 is 40.1. The third-order valence-corrected chi connectivity index (χ3v) is 5.51. The van der Waals surface area contributed by atoms with Gasteiger partial charge in [-0.25, -0.2) is 8.42 Å². The van der Waals surface area contributed by atoms with Crippen molar-refractivity contribution in [1.82, 2.24) is 9.78 Å². The van der Waals surface area contributed by atoms with Crippen molar-refractivity contribution in [2.24, 2.45) is 0 Å². The average molecular weight is 351 g/mol. The van der Waals surface area contributed by atoms with Crippen molar-refractivity contribution < 1.29 is 17.9 Å². The van der Waals surface area contributed by atoms with Gasteiger partial charge < -0.3 is 9.47 Å². The van der Waals surface area contributed by atoms with E-state index in [9.17, 15) is 8.42 Å². The van der Waals surface area contributed by atoms with Gasteiger partial charge in [-0.1, -0.05) is 0 Å². The van der Waals surface area contributed by atoms with Gasteiger partial charge in [0.2, 0.25) is 0 Å².